The first-order valence-corrected chi connectivity index (χ1v) is 7.93. The highest BCUT2D eigenvalue weighted by Gasteiger charge is 2.16. The highest BCUT2D eigenvalue weighted by Crippen LogP contribution is 2.30. The maximum Gasteiger partial charge on any atom is 0.124 e. The second-order valence-electron chi connectivity index (χ2n) is 4.62. The first-order chi connectivity index (χ1) is 8.83. The molecule has 2 aromatic rings. The molecular weight excluding hydrogens is 308 g/mol. The predicted molar refractivity (Wildman–Crippen MR) is 80.0 cm³/mol. The van der Waals surface area contributed by atoms with Crippen molar-refractivity contribution in [2.75, 3.05) is 6.54 Å². The van der Waals surface area contributed by atoms with E-state index in [2.05, 4.69) is 44.8 Å². The van der Waals surface area contributed by atoms with Gasteiger partial charge in [0.2, 0.25) is 0 Å². The summed E-state index contributed by atoms with van der Waals surface area (Å²) in [5, 5.41) is 6.82. The van der Waals surface area contributed by atoms with Crippen LogP contribution in [0.4, 0.5) is 0 Å². The maximum atomic E-state index is 4.75. The second-order valence-corrected chi connectivity index (χ2v) is 6.33. The van der Waals surface area contributed by atoms with Crippen molar-refractivity contribution in [1.29, 1.82) is 0 Å². The van der Waals surface area contributed by atoms with Gasteiger partial charge in [0, 0.05) is 27.9 Å². The molecule has 1 unspecified atom stereocenters. The molecule has 1 N–H and O–H groups in total. The number of rotatable bonds is 3. The second kappa shape index (κ2) is 5.51. The molecule has 0 saturated carbocycles. The molecule has 0 aliphatic carbocycles. The summed E-state index contributed by atoms with van der Waals surface area (Å²) in [5.41, 5.74) is 2.40. The monoisotopic (exact) mass is 322 g/mol. The molecule has 1 aromatic carbocycles. The van der Waals surface area contributed by atoms with Crippen molar-refractivity contribution in [3.8, 4) is 10.6 Å². The van der Waals surface area contributed by atoms with Gasteiger partial charge in [-0.15, -0.1) is 11.3 Å². The molecule has 18 heavy (non-hydrogen) atoms. The topological polar surface area (TPSA) is 24.9 Å². The number of halogens is 1. The highest BCUT2D eigenvalue weighted by atomic mass is 79.9. The zero-order chi connectivity index (χ0) is 12.4. The van der Waals surface area contributed by atoms with Gasteiger partial charge < -0.3 is 5.32 Å². The molecule has 1 aliphatic heterocycles. The molecule has 94 valence electrons. The van der Waals surface area contributed by atoms with E-state index in [1.165, 1.54) is 24.1 Å². The summed E-state index contributed by atoms with van der Waals surface area (Å²) >= 11 is 5.32. The Hall–Kier alpha value is -0.710. The Kier molecular flexibility index (Phi) is 3.77. The van der Waals surface area contributed by atoms with Gasteiger partial charge in [0.25, 0.3) is 0 Å². The molecule has 1 saturated heterocycles. The highest BCUT2D eigenvalue weighted by molar-refractivity contribution is 9.10. The maximum absolute atomic E-state index is 4.75. The van der Waals surface area contributed by atoms with Gasteiger partial charge in [0.1, 0.15) is 5.01 Å². The van der Waals surface area contributed by atoms with Crippen LogP contribution in [0.2, 0.25) is 0 Å². The summed E-state index contributed by atoms with van der Waals surface area (Å²) in [5.74, 6) is 0. The molecule has 0 bridgehead atoms. The van der Waals surface area contributed by atoms with E-state index in [1.54, 1.807) is 11.3 Å². The number of nitrogens with one attached hydrogen (secondary N) is 1. The fourth-order valence-electron chi connectivity index (χ4n) is 2.34. The first kappa shape index (κ1) is 12.3. The van der Waals surface area contributed by atoms with E-state index in [0.29, 0.717) is 6.04 Å². The van der Waals surface area contributed by atoms with Gasteiger partial charge in [-0.1, -0.05) is 34.1 Å². The van der Waals surface area contributed by atoms with Gasteiger partial charge in [0.15, 0.2) is 0 Å². The van der Waals surface area contributed by atoms with Crippen LogP contribution in [0, 0.1) is 0 Å². The number of aromatic nitrogens is 1. The Bertz CT molecular complexity index is 532. The van der Waals surface area contributed by atoms with E-state index in [1.807, 2.05) is 6.07 Å². The Labute approximate surface area is 120 Å². The molecule has 1 aromatic heterocycles. The Morgan fingerprint density at radius 2 is 2.28 bits per heavy atom. The van der Waals surface area contributed by atoms with Crippen LogP contribution >= 0.6 is 27.3 Å². The normalized spacial score (nSPS) is 19.3. The van der Waals surface area contributed by atoms with Crippen LogP contribution in [0.15, 0.2) is 34.1 Å². The van der Waals surface area contributed by atoms with Crippen LogP contribution in [-0.4, -0.2) is 17.6 Å². The van der Waals surface area contributed by atoms with E-state index >= 15 is 0 Å². The third kappa shape index (κ3) is 2.66. The molecule has 4 heteroatoms. The third-order valence-corrected chi connectivity index (χ3v) is 4.89. The number of nitrogens with zero attached hydrogens (tertiary/aromatic N) is 1. The van der Waals surface area contributed by atoms with Gasteiger partial charge in [-0.25, -0.2) is 4.98 Å². The molecule has 0 amide bonds. The van der Waals surface area contributed by atoms with Crippen molar-refractivity contribution >= 4 is 27.3 Å². The van der Waals surface area contributed by atoms with Crippen LogP contribution in [0.25, 0.3) is 10.6 Å². The van der Waals surface area contributed by atoms with Crippen molar-refractivity contribution in [2.45, 2.75) is 25.3 Å². The standard InChI is InChI=1S/C14H15BrN2S/c15-13-6-2-1-5-12(13)14-17-11(9-18-14)8-10-4-3-7-16-10/h1-2,5-6,9-10,16H,3-4,7-8H2. The van der Waals surface area contributed by atoms with Crippen LogP contribution < -0.4 is 5.32 Å². The Morgan fingerprint density at radius 3 is 3.06 bits per heavy atom. The molecular formula is C14H15BrN2S. The smallest absolute Gasteiger partial charge is 0.124 e. The molecule has 1 fully saturated rings. The number of thiazole rings is 1. The summed E-state index contributed by atoms with van der Waals surface area (Å²) in [6, 6.07) is 8.89. The fourth-order valence-corrected chi connectivity index (χ4v) is 3.82. The minimum atomic E-state index is 0.624. The van der Waals surface area contributed by atoms with Crippen LogP contribution in [0.1, 0.15) is 18.5 Å². The molecule has 0 radical (unpaired) electrons. The van der Waals surface area contributed by atoms with Gasteiger partial charge in [0.05, 0.1) is 5.69 Å². The summed E-state index contributed by atoms with van der Waals surface area (Å²) in [4.78, 5) is 4.75. The van der Waals surface area contributed by atoms with Crippen LogP contribution in [-0.2, 0) is 6.42 Å². The lowest BCUT2D eigenvalue weighted by molar-refractivity contribution is 0.597. The van der Waals surface area contributed by atoms with Gasteiger partial charge in [-0.05, 0) is 25.5 Å². The van der Waals surface area contributed by atoms with Gasteiger partial charge in [-0.2, -0.15) is 0 Å². The number of hydrogen-bond acceptors (Lipinski definition) is 3. The fraction of sp³-hybridized carbons (Fsp3) is 0.357. The van der Waals surface area contributed by atoms with Gasteiger partial charge in [-0.3, -0.25) is 0 Å². The lowest BCUT2D eigenvalue weighted by atomic mass is 10.1. The van der Waals surface area contributed by atoms with Crippen LogP contribution in [0.3, 0.4) is 0 Å². The molecule has 1 atom stereocenters. The zero-order valence-electron chi connectivity index (χ0n) is 10.0. The zero-order valence-corrected chi connectivity index (χ0v) is 12.4. The minimum Gasteiger partial charge on any atom is -0.314 e. The van der Waals surface area contributed by atoms with Crippen molar-refractivity contribution in [2.24, 2.45) is 0 Å². The van der Waals surface area contributed by atoms with E-state index in [4.69, 9.17) is 4.98 Å². The molecule has 3 rings (SSSR count). The number of hydrogen-bond donors (Lipinski definition) is 1. The number of benzene rings is 1. The lowest BCUT2D eigenvalue weighted by Crippen LogP contribution is -2.23. The molecule has 2 nitrogen and oxygen atoms in total. The van der Waals surface area contributed by atoms with E-state index in [0.717, 1.165) is 22.4 Å². The quantitative estimate of drug-likeness (QED) is 0.927. The largest absolute Gasteiger partial charge is 0.314 e. The van der Waals surface area contributed by atoms with Crippen molar-refractivity contribution in [3.63, 3.8) is 0 Å². The Balaban J connectivity index is 1.79. The van der Waals surface area contributed by atoms with Gasteiger partial charge >= 0.3 is 0 Å². The summed E-state index contributed by atoms with van der Waals surface area (Å²) in [6.45, 7) is 1.16. The first-order valence-electron chi connectivity index (χ1n) is 6.25. The van der Waals surface area contributed by atoms with E-state index in [-0.39, 0.29) is 0 Å². The van der Waals surface area contributed by atoms with Crippen LogP contribution in [0.5, 0.6) is 0 Å². The average Bonchev–Trinajstić information content (AvgIpc) is 3.02. The minimum absolute atomic E-state index is 0.624. The van der Waals surface area contributed by atoms with Crippen molar-refractivity contribution in [1.82, 2.24) is 10.3 Å². The summed E-state index contributed by atoms with van der Waals surface area (Å²) in [7, 11) is 0. The average molecular weight is 323 g/mol. The molecule has 0 spiro atoms. The molecule has 1 aliphatic rings. The summed E-state index contributed by atoms with van der Waals surface area (Å²) < 4.78 is 1.12. The van der Waals surface area contributed by atoms with E-state index < -0.39 is 0 Å². The van der Waals surface area contributed by atoms with E-state index in [9.17, 15) is 0 Å². The van der Waals surface area contributed by atoms with Crippen molar-refractivity contribution in [3.05, 3.63) is 39.8 Å². The lowest BCUT2D eigenvalue weighted by Gasteiger charge is -2.06. The SMILES string of the molecule is Brc1ccccc1-c1nc(CC2CCCN2)cs1. The third-order valence-electron chi connectivity index (χ3n) is 3.27. The molecule has 2 heterocycles. The Morgan fingerprint density at radius 1 is 1.39 bits per heavy atom. The summed E-state index contributed by atoms with van der Waals surface area (Å²) in [6.07, 6.45) is 3.63. The van der Waals surface area contributed by atoms with Crippen molar-refractivity contribution < 1.29 is 0 Å². The predicted octanol–water partition coefficient (Wildman–Crippen LogP) is 3.87.